The molecule has 2 aliphatic rings. The Morgan fingerprint density at radius 1 is 1.26 bits per heavy atom. The van der Waals surface area contributed by atoms with Crippen molar-refractivity contribution in [2.45, 2.75) is 111 Å². The predicted octanol–water partition coefficient (Wildman–Crippen LogP) is 4.05. The van der Waals surface area contributed by atoms with Gasteiger partial charge in [0.2, 0.25) is 5.91 Å². The van der Waals surface area contributed by atoms with Crippen LogP contribution in [0.15, 0.2) is 11.0 Å². The van der Waals surface area contributed by atoms with E-state index in [1.165, 1.54) is 0 Å². The highest BCUT2D eigenvalue weighted by Crippen LogP contribution is 2.44. The molecule has 2 fully saturated rings. The van der Waals surface area contributed by atoms with Crippen molar-refractivity contribution in [1.82, 2.24) is 10.3 Å². The second-order valence-electron chi connectivity index (χ2n) is 11.4. The first-order valence-corrected chi connectivity index (χ1v) is 13.6. The molecule has 1 unspecified atom stereocenters. The van der Waals surface area contributed by atoms with E-state index in [-0.39, 0.29) is 41.8 Å². The fourth-order valence-corrected chi connectivity index (χ4v) is 5.76. The first kappa shape index (κ1) is 28.0. The van der Waals surface area contributed by atoms with Crippen LogP contribution in [-0.2, 0) is 14.3 Å². The average Bonchev–Trinajstić information content (AvgIpc) is 3.22. The van der Waals surface area contributed by atoms with Crippen LogP contribution in [-0.4, -0.2) is 56.8 Å². The molecule has 8 heteroatoms. The number of ether oxygens (including phenoxy) is 1. The van der Waals surface area contributed by atoms with Crippen LogP contribution in [0.25, 0.3) is 6.08 Å². The zero-order valence-electron chi connectivity index (χ0n) is 22.1. The molecule has 3 N–H and O–H groups in total. The normalized spacial score (nSPS) is 37.5. The van der Waals surface area contributed by atoms with Crippen molar-refractivity contribution in [1.29, 1.82) is 0 Å². The Kier molecular flexibility index (Phi) is 8.62. The molecule has 0 aromatic carbocycles. The van der Waals surface area contributed by atoms with Gasteiger partial charge in [-0.15, -0.1) is 11.3 Å². The van der Waals surface area contributed by atoms with Gasteiger partial charge in [-0.05, 0) is 51.2 Å². The molecule has 2 aliphatic heterocycles. The molecule has 0 bridgehead atoms. The Morgan fingerprint density at radius 3 is 2.57 bits per heavy atom. The molecule has 0 aliphatic carbocycles. The number of aryl methyl sites for hydroxylation is 1. The number of aliphatic hydroxyl groups is 2. The monoisotopic (exact) mass is 506 g/mol. The molecule has 196 valence electrons. The summed E-state index contributed by atoms with van der Waals surface area (Å²) in [6.45, 7) is 13.0. The molecule has 7 nitrogen and oxygen atoms in total. The average molecular weight is 507 g/mol. The molecular weight excluding hydrogens is 464 g/mol. The lowest BCUT2D eigenvalue weighted by molar-refractivity contribution is -0.143. The number of carbonyl (C=O) groups excluding carboxylic acids is 2. The first-order valence-electron chi connectivity index (χ1n) is 12.7. The third kappa shape index (κ3) is 6.59. The SMILES string of the molecule is C/C(=C\c1csc(C)n1)[C@@H]1C[C@@H]2O[C@]2(C)CCC[C@H](C)[C@H](O)C(C)C(=O)C(C)(C)[C@@H](O)CC(=O)N1. The molecule has 1 amide bonds. The number of Topliss-reactive ketones (excluding diaryl/α,β-unsaturated/α-hetero) is 1. The minimum absolute atomic E-state index is 0.0170. The Morgan fingerprint density at radius 2 is 1.94 bits per heavy atom. The molecule has 35 heavy (non-hydrogen) atoms. The summed E-state index contributed by atoms with van der Waals surface area (Å²) in [5.74, 6) is -1.24. The molecule has 2 saturated heterocycles. The summed E-state index contributed by atoms with van der Waals surface area (Å²) in [6, 6.07) is -0.269. The lowest BCUT2D eigenvalue weighted by Gasteiger charge is -2.34. The van der Waals surface area contributed by atoms with Gasteiger partial charge in [-0.2, -0.15) is 0 Å². The zero-order valence-corrected chi connectivity index (χ0v) is 22.9. The molecule has 1 aromatic rings. The van der Waals surface area contributed by atoms with Gasteiger partial charge in [-0.3, -0.25) is 9.59 Å². The lowest BCUT2D eigenvalue weighted by Crippen LogP contribution is -2.47. The van der Waals surface area contributed by atoms with Gasteiger partial charge in [0.1, 0.15) is 5.78 Å². The van der Waals surface area contributed by atoms with E-state index in [1.807, 2.05) is 32.2 Å². The van der Waals surface area contributed by atoms with E-state index < -0.39 is 23.5 Å². The van der Waals surface area contributed by atoms with E-state index >= 15 is 0 Å². The molecule has 0 saturated carbocycles. The number of amides is 1. The van der Waals surface area contributed by atoms with Crippen LogP contribution < -0.4 is 5.32 Å². The summed E-state index contributed by atoms with van der Waals surface area (Å²) in [6.07, 6.45) is 2.99. The Hall–Kier alpha value is -1.61. The fraction of sp³-hybridized carbons (Fsp3) is 0.741. The molecule has 0 radical (unpaired) electrons. The number of hydrogen-bond acceptors (Lipinski definition) is 7. The van der Waals surface area contributed by atoms with Crippen molar-refractivity contribution < 1.29 is 24.5 Å². The number of rotatable bonds is 2. The van der Waals surface area contributed by atoms with Crippen LogP contribution in [0.4, 0.5) is 0 Å². The summed E-state index contributed by atoms with van der Waals surface area (Å²) in [5, 5.41) is 27.8. The van der Waals surface area contributed by atoms with Crippen molar-refractivity contribution in [3.63, 3.8) is 0 Å². The smallest absolute Gasteiger partial charge is 0.223 e. The van der Waals surface area contributed by atoms with Gasteiger partial charge in [0, 0.05) is 17.7 Å². The number of carbonyl (C=O) groups is 2. The van der Waals surface area contributed by atoms with Gasteiger partial charge in [-0.1, -0.05) is 34.1 Å². The number of nitrogens with zero attached hydrogens (tertiary/aromatic N) is 1. The number of epoxide rings is 1. The largest absolute Gasteiger partial charge is 0.392 e. The molecule has 3 rings (SSSR count). The van der Waals surface area contributed by atoms with Crippen molar-refractivity contribution in [3.05, 3.63) is 21.7 Å². The number of hydrogen-bond donors (Lipinski definition) is 3. The van der Waals surface area contributed by atoms with Gasteiger partial charge in [0.05, 0.1) is 52.5 Å². The van der Waals surface area contributed by atoms with Gasteiger partial charge in [-0.25, -0.2) is 4.98 Å². The van der Waals surface area contributed by atoms with Crippen molar-refractivity contribution in [3.8, 4) is 0 Å². The molecule has 0 spiro atoms. The van der Waals surface area contributed by atoms with E-state index in [0.717, 1.165) is 35.5 Å². The van der Waals surface area contributed by atoms with Crippen molar-refractivity contribution in [2.24, 2.45) is 17.3 Å². The topological polar surface area (TPSA) is 112 Å². The number of ketones is 1. The molecule has 7 atom stereocenters. The van der Waals surface area contributed by atoms with E-state index in [9.17, 15) is 19.8 Å². The summed E-state index contributed by atoms with van der Waals surface area (Å²) in [7, 11) is 0. The maximum Gasteiger partial charge on any atom is 0.223 e. The van der Waals surface area contributed by atoms with Gasteiger partial charge in [0.25, 0.3) is 0 Å². The summed E-state index contributed by atoms with van der Waals surface area (Å²) >= 11 is 1.58. The number of thiazole rings is 1. The second-order valence-corrected chi connectivity index (χ2v) is 12.5. The number of aromatic nitrogens is 1. The highest BCUT2D eigenvalue weighted by atomic mass is 32.1. The van der Waals surface area contributed by atoms with Gasteiger partial charge in [0.15, 0.2) is 0 Å². The fourth-order valence-electron chi connectivity index (χ4n) is 5.19. The number of nitrogens with one attached hydrogen (secondary N) is 1. The lowest BCUT2D eigenvalue weighted by atomic mass is 9.72. The third-order valence-corrected chi connectivity index (χ3v) is 8.86. The highest BCUT2D eigenvalue weighted by molar-refractivity contribution is 7.09. The van der Waals surface area contributed by atoms with E-state index in [2.05, 4.69) is 17.2 Å². The Labute approximate surface area is 213 Å². The first-order chi connectivity index (χ1) is 16.2. The zero-order chi connectivity index (χ0) is 26.1. The van der Waals surface area contributed by atoms with Crippen molar-refractivity contribution >= 4 is 29.1 Å². The van der Waals surface area contributed by atoms with E-state index in [0.29, 0.717) is 6.42 Å². The number of fused-ring (bicyclic) bond motifs is 1. The third-order valence-electron chi connectivity index (χ3n) is 8.07. The quantitative estimate of drug-likeness (QED) is 0.522. The van der Waals surface area contributed by atoms with E-state index in [1.54, 1.807) is 32.1 Å². The van der Waals surface area contributed by atoms with E-state index in [4.69, 9.17) is 4.74 Å². The summed E-state index contributed by atoms with van der Waals surface area (Å²) < 4.78 is 6.10. The predicted molar refractivity (Wildman–Crippen MR) is 138 cm³/mol. The van der Waals surface area contributed by atoms with Crippen molar-refractivity contribution in [2.75, 3.05) is 0 Å². The minimum atomic E-state index is -1.17. The van der Waals surface area contributed by atoms with Gasteiger partial charge >= 0.3 is 0 Å². The molecule has 1 aromatic heterocycles. The van der Waals surface area contributed by atoms with Crippen LogP contribution in [0, 0.1) is 24.2 Å². The maximum atomic E-state index is 13.2. The Balaban J connectivity index is 1.85. The standard InChI is InChI=1S/C27H42N2O5S/c1-15-9-8-10-27(7)22(34-27)12-20(16(2)11-19-14-35-18(4)28-19)29-23(31)13-21(30)26(5,6)25(33)17(3)24(15)32/h11,14-15,17,20-22,24,30,32H,8-10,12-13H2,1-7H3,(H,29,31)/b16-11+/t15-,17?,20-,21-,22-,24-,27+/m0/s1. The highest BCUT2D eigenvalue weighted by Gasteiger charge is 2.52. The molecular formula is C27H42N2O5S. The number of aliphatic hydroxyl groups excluding tert-OH is 2. The maximum absolute atomic E-state index is 13.2. The van der Waals surface area contributed by atoms with Crippen LogP contribution in [0.1, 0.15) is 84.3 Å². The minimum Gasteiger partial charge on any atom is -0.392 e. The summed E-state index contributed by atoms with van der Waals surface area (Å²) in [5.41, 5.74) is 0.410. The van der Waals surface area contributed by atoms with Crippen LogP contribution in [0.5, 0.6) is 0 Å². The Bertz CT molecular complexity index is 957. The van der Waals surface area contributed by atoms with Crippen LogP contribution in [0.3, 0.4) is 0 Å². The van der Waals surface area contributed by atoms with Gasteiger partial charge < -0.3 is 20.3 Å². The second kappa shape index (κ2) is 10.8. The molecule has 3 heterocycles. The van der Waals surface area contributed by atoms with Crippen LogP contribution in [0.2, 0.25) is 0 Å². The summed E-state index contributed by atoms with van der Waals surface area (Å²) in [4.78, 5) is 30.8. The van der Waals surface area contributed by atoms with Crippen LogP contribution >= 0.6 is 11.3 Å².